The van der Waals surface area contributed by atoms with Crippen LogP contribution in [0.5, 0.6) is 0 Å². The van der Waals surface area contributed by atoms with E-state index < -0.39 is 0 Å². The van der Waals surface area contributed by atoms with Crippen LogP contribution < -0.4 is 5.32 Å². The normalized spacial score (nSPS) is 11.2. The molecule has 3 nitrogen and oxygen atoms in total. The van der Waals surface area contributed by atoms with E-state index in [1.54, 1.807) is 12.3 Å². The number of pyridine rings is 1. The van der Waals surface area contributed by atoms with Gasteiger partial charge in [0, 0.05) is 29.3 Å². The van der Waals surface area contributed by atoms with Crippen molar-refractivity contribution in [3.8, 4) is 0 Å². The Morgan fingerprint density at radius 1 is 1.56 bits per heavy atom. The molecule has 0 aromatic carbocycles. The summed E-state index contributed by atoms with van der Waals surface area (Å²) < 4.78 is 0.789. The molecular formula is C11H14BrClN2O. The standard InChI is InChI=1S/C11H14BrClN2O/c1-11(2,6-13)7-15-10(16)8-3-9(12)5-14-4-8/h3-5H,6-7H2,1-2H3,(H,15,16). The molecule has 0 spiro atoms. The number of hydrogen-bond acceptors (Lipinski definition) is 2. The van der Waals surface area contributed by atoms with Gasteiger partial charge in [-0.2, -0.15) is 0 Å². The van der Waals surface area contributed by atoms with Gasteiger partial charge in [-0.1, -0.05) is 13.8 Å². The maximum Gasteiger partial charge on any atom is 0.252 e. The highest BCUT2D eigenvalue weighted by Gasteiger charge is 2.17. The van der Waals surface area contributed by atoms with E-state index in [0.29, 0.717) is 18.0 Å². The third kappa shape index (κ3) is 4.10. The summed E-state index contributed by atoms with van der Waals surface area (Å²) in [7, 11) is 0. The number of alkyl halides is 1. The summed E-state index contributed by atoms with van der Waals surface area (Å²) in [5, 5.41) is 2.83. The van der Waals surface area contributed by atoms with E-state index in [-0.39, 0.29) is 11.3 Å². The van der Waals surface area contributed by atoms with Crippen molar-refractivity contribution >= 4 is 33.4 Å². The molecule has 0 aliphatic heterocycles. The molecular weight excluding hydrogens is 291 g/mol. The third-order valence-electron chi connectivity index (χ3n) is 2.06. The predicted molar refractivity (Wildman–Crippen MR) is 68.8 cm³/mol. The SMILES string of the molecule is CC(C)(CCl)CNC(=O)c1cncc(Br)c1. The van der Waals surface area contributed by atoms with Crippen LogP contribution in [0.25, 0.3) is 0 Å². The number of carbonyl (C=O) groups excluding carboxylic acids is 1. The molecule has 1 heterocycles. The summed E-state index contributed by atoms with van der Waals surface area (Å²) in [5.74, 6) is 0.372. The summed E-state index contributed by atoms with van der Waals surface area (Å²) in [4.78, 5) is 15.7. The second kappa shape index (κ2) is 5.64. The number of hydrogen-bond donors (Lipinski definition) is 1. The van der Waals surface area contributed by atoms with Crippen molar-refractivity contribution in [3.05, 3.63) is 28.5 Å². The van der Waals surface area contributed by atoms with Gasteiger partial charge >= 0.3 is 0 Å². The summed E-state index contributed by atoms with van der Waals surface area (Å²) in [6, 6.07) is 1.73. The minimum absolute atomic E-state index is 0.101. The van der Waals surface area contributed by atoms with Crippen molar-refractivity contribution in [1.82, 2.24) is 10.3 Å². The smallest absolute Gasteiger partial charge is 0.252 e. The Morgan fingerprint density at radius 3 is 2.81 bits per heavy atom. The van der Waals surface area contributed by atoms with Gasteiger partial charge in [0.1, 0.15) is 0 Å². The minimum atomic E-state index is -0.132. The molecule has 0 aliphatic carbocycles. The lowest BCUT2D eigenvalue weighted by atomic mass is 9.96. The molecule has 0 fully saturated rings. The molecule has 0 radical (unpaired) electrons. The fourth-order valence-electron chi connectivity index (χ4n) is 1.00. The summed E-state index contributed by atoms with van der Waals surface area (Å²) in [6.07, 6.45) is 3.17. The zero-order valence-corrected chi connectivity index (χ0v) is 11.6. The molecule has 0 unspecified atom stereocenters. The number of rotatable bonds is 4. The second-order valence-corrected chi connectivity index (χ2v) is 5.56. The van der Waals surface area contributed by atoms with Crippen LogP contribution >= 0.6 is 27.5 Å². The van der Waals surface area contributed by atoms with Gasteiger partial charge < -0.3 is 5.32 Å². The zero-order chi connectivity index (χ0) is 12.2. The Bertz CT molecular complexity index is 382. The monoisotopic (exact) mass is 304 g/mol. The van der Waals surface area contributed by atoms with E-state index in [1.807, 2.05) is 13.8 Å². The van der Waals surface area contributed by atoms with Gasteiger partial charge in [0.2, 0.25) is 0 Å². The van der Waals surface area contributed by atoms with E-state index in [4.69, 9.17) is 11.6 Å². The van der Waals surface area contributed by atoms with Gasteiger partial charge in [-0.25, -0.2) is 0 Å². The summed E-state index contributed by atoms with van der Waals surface area (Å²) in [5.41, 5.74) is 0.441. The molecule has 1 N–H and O–H groups in total. The number of nitrogens with zero attached hydrogens (tertiary/aromatic N) is 1. The van der Waals surface area contributed by atoms with Crippen molar-refractivity contribution in [2.75, 3.05) is 12.4 Å². The van der Waals surface area contributed by atoms with Crippen molar-refractivity contribution in [1.29, 1.82) is 0 Å². The molecule has 5 heteroatoms. The van der Waals surface area contributed by atoms with E-state index in [0.717, 1.165) is 4.47 Å². The number of aromatic nitrogens is 1. The Hall–Kier alpha value is -0.610. The fourth-order valence-corrected chi connectivity index (χ4v) is 1.46. The fraction of sp³-hybridized carbons (Fsp3) is 0.455. The summed E-state index contributed by atoms with van der Waals surface area (Å²) in [6.45, 7) is 4.54. The number of carbonyl (C=O) groups is 1. The van der Waals surface area contributed by atoms with Crippen molar-refractivity contribution in [2.24, 2.45) is 5.41 Å². The molecule has 1 aromatic heterocycles. The van der Waals surface area contributed by atoms with Crippen LogP contribution in [-0.4, -0.2) is 23.3 Å². The first-order chi connectivity index (χ1) is 7.44. The van der Waals surface area contributed by atoms with Crippen LogP contribution in [0.1, 0.15) is 24.2 Å². The Balaban J connectivity index is 2.60. The highest BCUT2D eigenvalue weighted by Crippen LogP contribution is 2.15. The van der Waals surface area contributed by atoms with Crippen molar-refractivity contribution < 1.29 is 4.79 Å². The maximum absolute atomic E-state index is 11.7. The largest absolute Gasteiger partial charge is 0.351 e. The van der Waals surface area contributed by atoms with E-state index >= 15 is 0 Å². The number of amides is 1. The molecule has 88 valence electrons. The zero-order valence-electron chi connectivity index (χ0n) is 9.26. The van der Waals surface area contributed by atoms with Gasteiger partial charge in [0.05, 0.1) is 5.56 Å². The highest BCUT2D eigenvalue weighted by atomic mass is 79.9. The molecule has 1 rings (SSSR count). The minimum Gasteiger partial charge on any atom is -0.351 e. The number of nitrogens with one attached hydrogen (secondary N) is 1. The van der Waals surface area contributed by atoms with Crippen LogP contribution in [0.3, 0.4) is 0 Å². The van der Waals surface area contributed by atoms with Gasteiger partial charge in [0.25, 0.3) is 5.91 Å². The number of halogens is 2. The van der Waals surface area contributed by atoms with E-state index in [2.05, 4.69) is 26.2 Å². The molecule has 0 atom stereocenters. The second-order valence-electron chi connectivity index (χ2n) is 4.37. The lowest BCUT2D eigenvalue weighted by molar-refractivity contribution is 0.0939. The predicted octanol–water partition coefficient (Wildman–Crippen LogP) is 2.84. The van der Waals surface area contributed by atoms with Gasteiger partial charge in [-0.3, -0.25) is 9.78 Å². The molecule has 0 saturated heterocycles. The Kier molecular flexibility index (Phi) is 4.74. The molecule has 16 heavy (non-hydrogen) atoms. The van der Waals surface area contributed by atoms with Crippen LogP contribution in [0.4, 0.5) is 0 Å². The highest BCUT2D eigenvalue weighted by molar-refractivity contribution is 9.10. The average Bonchev–Trinajstić information content (AvgIpc) is 2.26. The molecule has 0 saturated carbocycles. The molecule has 0 aliphatic rings. The molecule has 0 bridgehead atoms. The van der Waals surface area contributed by atoms with E-state index in [1.165, 1.54) is 6.20 Å². The van der Waals surface area contributed by atoms with Gasteiger partial charge in [0.15, 0.2) is 0 Å². The lowest BCUT2D eigenvalue weighted by Gasteiger charge is -2.21. The summed E-state index contributed by atoms with van der Waals surface area (Å²) >= 11 is 9.05. The van der Waals surface area contributed by atoms with E-state index in [9.17, 15) is 4.79 Å². The van der Waals surface area contributed by atoms with Crippen LogP contribution in [-0.2, 0) is 0 Å². The van der Waals surface area contributed by atoms with Crippen LogP contribution in [0.2, 0.25) is 0 Å². The van der Waals surface area contributed by atoms with Crippen molar-refractivity contribution in [3.63, 3.8) is 0 Å². The molecule has 1 aromatic rings. The van der Waals surface area contributed by atoms with Crippen molar-refractivity contribution in [2.45, 2.75) is 13.8 Å². The van der Waals surface area contributed by atoms with Crippen LogP contribution in [0.15, 0.2) is 22.9 Å². The third-order valence-corrected chi connectivity index (χ3v) is 3.21. The lowest BCUT2D eigenvalue weighted by Crippen LogP contribution is -2.35. The first kappa shape index (κ1) is 13.5. The average molecular weight is 306 g/mol. The van der Waals surface area contributed by atoms with Crippen LogP contribution in [0, 0.1) is 5.41 Å². The first-order valence-electron chi connectivity index (χ1n) is 4.89. The van der Waals surface area contributed by atoms with Gasteiger partial charge in [-0.05, 0) is 27.4 Å². The quantitative estimate of drug-likeness (QED) is 0.869. The Morgan fingerprint density at radius 2 is 2.25 bits per heavy atom. The maximum atomic E-state index is 11.7. The topological polar surface area (TPSA) is 42.0 Å². The Labute approximate surface area is 109 Å². The first-order valence-corrected chi connectivity index (χ1v) is 6.22. The molecule has 1 amide bonds. The van der Waals surface area contributed by atoms with Gasteiger partial charge in [-0.15, -0.1) is 11.6 Å².